The normalized spacial score (nSPS) is 12.7. The van der Waals surface area contributed by atoms with E-state index in [2.05, 4.69) is 0 Å². The molecule has 18 heavy (non-hydrogen) atoms. The number of hydrogen-bond donors (Lipinski definition) is 2. The lowest BCUT2D eigenvalue weighted by molar-refractivity contribution is -0.0982. The van der Waals surface area contributed by atoms with Crippen molar-refractivity contribution in [3.63, 3.8) is 0 Å². The van der Waals surface area contributed by atoms with Crippen molar-refractivity contribution in [2.24, 2.45) is 0 Å². The second-order valence-electron chi connectivity index (χ2n) is 5.54. The van der Waals surface area contributed by atoms with Crippen LogP contribution in [0.15, 0.2) is 18.2 Å². The summed E-state index contributed by atoms with van der Waals surface area (Å²) >= 11 is 5.91. The predicted octanol–water partition coefficient (Wildman–Crippen LogP) is 1.90. The van der Waals surface area contributed by atoms with Crippen molar-refractivity contribution in [2.45, 2.75) is 45.8 Å². The van der Waals surface area contributed by atoms with Gasteiger partial charge in [-0.3, -0.25) is 0 Å². The lowest BCUT2D eigenvalue weighted by atomic mass is 9.74. The highest BCUT2D eigenvalue weighted by molar-refractivity contribution is 6.61. The Balaban J connectivity index is 2.95. The fourth-order valence-corrected chi connectivity index (χ4v) is 1.54. The average molecular weight is 271 g/mol. The van der Waals surface area contributed by atoms with Crippen LogP contribution in [0.5, 0.6) is 0 Å². The molecule has 0 spiro atoms. The number of hydrogen-bond acceptors (Lipinski definition) is 3. The molecular formula is C13H20BClO3. The maximum absolute atomic E-state index is 10.1. The van der Waals surface area contributed by atoms with Gasteiger partial charge in [0.15, 0.2) is 0 Å². The van der Waals surface area contributed by atoms with E-state index in [1.807, 2.05) is 13.0 Å². The van der Waals surface area contributed by atoms with E-state index in [4.69, 9.17) is 16.3 Å². The number of benzene rings is 1. The molecule has 0 aliphatic rings. The van der Waals surface area contributed by atoms with Gasteiger partial charge in [0.2, 0.25) is 0 Å². The molecule has 0 aliphatic carbocycles. The first kappa shape index (κ1) is 15.5. The van der Waals surface area contributed by atoms with Crippen LogP contribution in [0.4, 0.5) is 0 Å². The minimum absolute atomic E-state index is 0.541. The molecule has 0 fully saturated rings. The zero-order valence-corrected chi connectivity index (χ0v) is 12.2. The van der Waals surface area contributed by atoms with E-state index in [0.717, 1.165) is 5.56 Å². The molecular weight excluding hydrogens is 250 g/mol. The highest BCUT2D eigenvalue weighted by atomic mass is 35.5. The molecule has 1 aromatic carbocycles. The predicted molar refractivity (Wildman–Crippen MR) is 75.3 cm³/mol. The van der Waals surface area contributed by atoms with Crippen LogP contribution < -0.4 is 5.46 Å². The van der Waals surface area contributed by atoms with Crippen molar-refractivity contribution in [3.05, 3.63) is 28.8 Å². The largest absolute Gasteiger partial charge is 0.491 e. The number of halogens is 1. The quantitative estimate of drug-likeness (QED) is 0.822. The van der Waals surface area contributed by atoms with Crippen LogP contribution in [0, 0.1) is 6.92 Å². The number of rotatable bonds is 4. The van der Waals surface area contributed by atoms with Crippen LogP contribution >= 0.6 is 11.6 Å². The molecule has 3 nitrogen and oxygen atoms in total. The molecule has 5 heteroatoms. The number of aliphatic hydroxyl groups is 1. The highest BCUT2D eigenvalue weighted by Gasteiger charge is 2.39. The Morgan fingerprint density at radius 2 is 1.78 bits per heavy atom. The zero-order valence-electron chi connectivity index (χ0n) is 11.5. The second kappa shape index (κ2) is 5.21. The molecule has 0 heterocycles. The lowest BCUT2D eigenvalue weighted by Crippen LogP contribution is -2.53. The van der Waals surface area contributed by atoms with Crippen LogP contribution in [-0.2, 0) is 4.65 Å². The van der Waals surface area contributed by atoms with E-state index in [0.29, 0.717) is 10.5 Å². The van der Waals surface area contributed by atoms with Crippen molar-refractivity contribution in [3.8, 4) is 0 Å². The molecule has 0 bridgehead atoms. The molecule has 0 aliphatic heterocycles. The summed E-state index contributed by atoms with van der Waals surface area (Å²) in [5.41, 5.74) is -0.458. The minimum Gasteiger partial charge on any atom is -0.423 e. The summed E-state index contributed by atoms with van der Waals surface area (Å²) < 4.78 is 5.57. The van der Waals surface area contributed by atoms with Gasteiger partial charge in [0.25, 0.3) is 0 Å². The third-order valence-corrected chi connectivity index (χ3v) is 3.62. The van der Waals surface area contributed by atoms with Gasteiger partial charge in [-0.25, -0.2) is 0 Å². The molecule has 0 saturated carbocycles. The standard InChI is InChI=1S/C13H20BClO3/c1-9-6-7-10(15)8-11(9)14(17)18-13(4,5)12(2,3)16/h6-8,16-17H,1-5H3. The Morgan fingerprint density at radius 1 is 1.22 bits per heavy atom. The second-order valence-corrected chi connectivity index (χ2v) is 5.98. The summed E-state index contributed by atoms with van der Waals surface area (Å²) in [6, 6.07) is 5.25. The van der Waals surface area contributed by atoms with Gasteiger partial charge in [-0.05, 0) is 52.2 Å². The van der Waals surface area contributed by atoms with Crippen molar-refractivity contribution in [1.82, 2.24) is 0 Å². The van der Waals surface area contributed by atoms with E-state index >= 15 is 0 Å². The maximum atomic E-state index is 10.1. The van der Waals surface area contributed by atoms with Crippen molar-refractivity contribution < 1.29 is 14.8 Å². The fourth-order valence-electron chi connectivity index (χ4n) is 1.36. The third kappa shape index (κ3) is 3.48. The first-order valence-corrected chi connectivity index (χ1v) is 6.27. The van der Waals surface area contributed by atoms with Gasteiger partial charge in [-0.2, -0.15) is 0 Å². The molecule has 100 valence electrons. The van der Waals surface area contributed by atoms with E-state index in [1.54, 1.807) is 39.8 Å². The van der Waals surface area contributed by atoms with Crippen LogP contribution in [0.2, 0.25) is 5.02 Å². The summed E-state index contributed by atoms with van der Waals surface area (Å²) in [7, 11) is -1.12. The number of aryl methyl sites for hydroxylation is 1. The van der Waals surface area contributed by atoms with Gasteiger partial charge in [0, 0.05) is 5.02 Å². The zero-order chi connectivity index (χ0) is 14.1. The maximum Gasteiger partial charge on any atom is 0.491 e. The monoisotopic (exact) mass is 270 g/mol. The fraction of sp³-hybridized carbons (Fsp3) is 0.538. The van der Waals surface area contributed by atoms with Crippen molar-refractivity contribution in [1.29, 1.82) is 0 Å². The molecule has 1 aromatic rings. The minimum atomic E-state index is -1.12. The summed E-state index contributed by atoms with van der Waals surface area (Å²) in [5, 5.41) is 20.7. The molecule has 0 unspecified atom stereocenters. The highest BCUT2D eigenvalue weighted by Crippen LogP contribution is 2.25. The van der Waals surface area contributed by atoms with Crippen LogP contribution in [0.25, 0.3) is 0 Å². The summed E-state index contributed by atoms with van der Waals surface area (Å²) in [4.78, 5) is 0. The smallest absolute Gasteiger partial charge is 0.423 e. The Labute approximate surface area is 114 Å². The van der Waals surface area contributed by atoms with E-state index in [-0.39, 0.29) is 0 Å². The van der Waals surface area contributed by atoms with Gasteiger partial charge < -0.3 is 14.8 Å². The van der Waals surface area contributed by atoms with Gasteiger partial charge in [0.05, 0.1) is 11.2 Å². The SMILES string of the molecule is Cc1ccc(Cl)cc1B(O)OC(C)(C)C(C)(C)O. The molecule has 2 N–H and O–H groups in total. The summed E-state index contributed by atoms with van der Waals surface area (Å²) in [6.45, 7) is 8.62. The van der Waals surface area contributed by atoms with Crippen molar-refractivity contribution >= 4 is 24.2 Å². The average Bonchev–Trinajstić information content (AvgIpc) is 2.19. The Bertz CT molecular complexity index is 427. The van der Waals surface area contributed by atoms with Crippen LogP contribution in [0.3, 0.4) is 0 Å². The van der Waals surface area contributed by atoms with Gasteiger partial charge in [-0.1, -0.05) is 23.2 Å². The van der Waals surface area contributed by atoms with Crippen molar-refractivity contribution in [2.75, 3.05) is 0 Å². The lowest BCUT2D eigenvalue weighted by Gasteiger charge is -2.38. The Hall–Kier alpha value is -0.545. The molecule has 0 aromatic heterocycles. The molecule has 0 radical (unpaired) electrons. The first-order valence-electron chi connectivity index (χ1n) is 5.89. The van der Waals surface area contributed by atoms with E-state index in [1.165, 1.54) is 0 Å². The molecule has 0 amide bonds. The first-order chi connectivity index (χ1) is 8.04. The van der Waals surface area contributed by atoms with Gasteiger partial charge in [0.1, 0.15) is 0 Å². The molecule has 1 rings (SSSR count). The summed E-state index contributed by atoms with van der Waals surface area (Å²) in [6.07, 6.45) is 0. The van der Waals surface area contributed by atoms with Crippen LogP contribution in [-0.4, -0.2) is 28.5 Å². The van der Waals surface area contributed by atoms with Gasteiger partial charge in [-0.15, -0.1) is 0 Å². The summed E-state index contributed by atoms with van der Waals surface area (Å²) in [5.74, 6) is 0. The van der Waals surface area contributed by atoms with E-state index < -0.39 is 18.3 Å². The third-order valence-electron chi connectivity index (χ3n) is 3.39. The van der Waals surface area contributed by atoms with Gasteiger partial charge >= 0.3 is 7.12 Å². The van der Waals surface area contributed by atoms with Crippen LogP contribution in [0.1, 0.15) is 33.3 Å². The molecule has 0 atom stereocenters. The Kier molecular flexibility index (Phi) is 4.49. The van der Waals surface area contributed by atoms with E-state index in [9.17, 15) is 10.1 Å². The Morgan fingerprint density at radius 3 is 2.28 bits per heavy atom. The topological polar surface area (TPSA) is 49.7 Å². The molecule has 0 saturated heterocycles.